The van der Waals surface area contributed by atoms with E-state index < -0.39 is 5.97 Å². The monoisotopic (exact) mass is 380 g/mol. The largest absolute Gasteiger partial charge is 0.481 e. The number of benzene rings is 2. The molecule has 0 saturated carbocycles. The first-order valence-corrected chi connectivity index (χ1v) is 9.45. The minimum absolute atomic E-state index is 0.000461. The second-order valence-corrected chi connectivity index (χ2v) is 6.48. The Bertz CT molecular complexity index is 975. The van der Waals surface area contributed by atoms with Crippen molar-refractivity contribution in [2.24, 2.45) is 0 Å². The van der Waals surface area contributed by atoms with Crippen molar-refractivity contribution in [2.45, 2.75) is 32.6 Å². The molecule has 6 heteroatoms. The van der Waals surface area contributed by atoms with Gasteiger partial charge in [-0.3, -0.25) is 9.59 Å². The molecule has 0 aliphatic rings. The first-order chi connectivity index (χ1) is 13.6. The summed E-state index contributed by atoms with van der Waals surface area (Å²) in [7, 11) is 0. The Kier molecular flexibility index (Phi) is 6.32. The number of nitrogens with zero attached hydrogens (tertiary/aromatic N) is 2. The van der Waals surface area contributed by atoms with Gasteiger partial charge in [-0.2, -0.15) is 0 Å². The zero-order chi connectivity index (χ0) is 19.9. The Morgan fingerprint density at radius 1 is 0.964 bits per heavy atom. The number of carboxylic acids is 1. The zero-order valence-electron chi connectivity index (χ0n) is 15.9. The van der Waals surface area contributed by atoms with Crippen LogP contribution >= 0.6 is 0 Å². The van der Waals surface area contributed by atoms with Crippen molar-refractivity contribution in [2.75, 3.05) is 6.61 Å². The van der Waals surface area contributed by atoms with Crippen LogP contribution in [0.5, 0.6) is 5.88 Å². The molecular formula is C22H24N2O4. The normalized spacial score (nSPS) is 10.8. The summed E-state index contributed by atoms with van der Waals surface area (Å²) in [4.78, 5) is 24.3. The number of aromatic nitrogens is 2. The lowest BCUT2D eigenvalue weighted by atomic mass is 10.1. The van der Waals surface area contributed by atoms with Gasteiger partial charge in [-0.15, -0.1) is 0 Å². The molecule has 28 heavy (non-hydrogen) atoms. The van der Waals surface area contributed by atoms with E-state index in [9.17, 15) is 9.59 Å². The van der Waals surface area contributed by atoms with Crippen molar-refractivity contribution in [3.63, 3.8) is 0 Å². The van der Waals surface area contributed by atoms with Gasteiger partial charge in [-0.1, -0.05) is 49.7 Å². The van der Waals surface area contributed by atoms with E-state index in [-0.39, 0.29) is 18.6 Å². The van der Waals surface area contributed by atoms with E-state index in [1.54, 1.807) is 9.36 Å². The van der Waals surface area contributed by atoms with E-state index in [0.29, 0.717) is 17.9 Å². The number of hydrogen-bond acceptors (Lipinski definition) is 3. The molecular weight excluding hydrogens is 356 g/mol. The third-order valence-corrected chi connectivity index (χ3v) is 4.44. The molecule has 2 aromatic carbocycles. The maximum Gasteiger partial charge on any atom is 0.306 e. The topological polar surface area (TPSA) is 73.5 Å². The molecule has 0 aliphatic heterocycles. The molecule has 0 radical (unpaired) electrons. The highest BCUT2D eigenvalue weighted by molar-refractivity contribution is 5.66. The summed E-state index contributed by atoms with van der Waals surface area (Å²) in [6.07, 6.45) is 2.23. The third-order valence-electron chi connectivity index (χ3n) is 4.44. The van der Waals surface area contributed by atoms with Crippen molar-refractivity contribution in [1.29, 1.82) is 0 Å². The number of hydrogen-bond donors (Lipinski definition) is 1. The maximum atomic E-state index is 13.3. The van der Waals surface area contributed by atoms with Crippen LogP contribution in [0.1, 0.15) is 31.7 Å². The molecule has 0 bridgehead atoms. The molecule has 1 aromatic heterocycles. The van der Waals surface area contributed by atoms with E-state index >= 15 is 0 Å². The second kappa shape index (κ2) is 9.08. The number of unbranched alkanes of at least 4 members (excludes halogenated alkanes) is 1. The molecule has 146 valence electrons. The molecule has 0 saturated heterocycles. The van der Waals surface area contributed by atoms with Crippen LogP contribution in [0.15, 0.2) is 65.5 Å². The van der Waals surface area contributed by atoms with E-state index in [2.05, 4.69) is 6.92 Å². The Morgan fingerprint density at radius 2 is 1.54 bits per heavy atom. The molecule has 0 amide bonds. The van der Waals surface area contributed by atoms with Gasteiger partial charge in [0.15, 0.2) is 0 Å². The van der Waals surface area contributed by atoms with Gasteiger partial charge in [0.25, 0.3) is 5.56 Å². The molecule has 0 fully saturated rings. The van der Waals surface area contributed by atoms with E-state index in [0.717, 1.165) is 24.2 Å². The van der Waals surface area contributed by atoms with Crippen molar-refractivity contribution in [1.82, 2.24) is 9.36 Å². The summed E-state index contributed by atoms with van der Waals surface area (Å²) in [5.41, 5.74) is 1.92. The van der Waals surface area contributed by atoms with Gasteiger partial charge in [-0.25, -0.2) is 9.36 Å². The summed E-state index contributed by atoms with van der Waals surface area (Å²) < 4.78 is 9.21. The van der Waals surface area contributed by atoms with E-state index in [4.69, 9.17) is 9.84 Å². The maximum absolute atomic E-state index is 13.3. The Morgan fingerprint density at radius 3 is 2.07 bits per heavy atom. The quantitative estimate of drug-likeness (QED) is 0.612. The van der Waals surface area contributed by atoms with Gasteiger partial charge in [-0.05, 0) is 37.1 Å². The molecule has 6 nitrogen and oxygen atoms in total. The minimum Gasteiger partial charge on any atom is -0.481 e. The van der Waals surface area contributed by atoms with Crippen LogP contribution in [0.3, 0.4) is 0 Å². The van der Waals surface area contributed by atoms with Crippen LogP contribution in [-0.4, -0.2) is 27.0 Å². The zero-order valence-corrected chi connectivity index (χ0v) is 15.9. The molecule has 0 atom stereocenters. The predicted molar refractivity (Wildman–Crippen MR) is 108 cm³/mol. The molecule has 0 spiro atoms. The number of carbonyl (C=O) groups is 1. The summed E-state index contributed by atoms with van der Waals surface area (Å²) >= 11 is 0. The third kappa shape index (κ3) is 4.17. The van der Waals surface area contributed by atoms with Crippen molar-refractivity contribution in [3.05, 3.63) is 76.6 Å². The van der Waals surface area contributed by atoms with Crippen LogP contribution in [-0.2, 0) is 11.2 Å². The summed E-state index contributed by atoms with van der Waals surface area (Å²) in [6, 6.07) is 18.9. The molecule has 1 heterocycles. The van der Waals surface area contributed by atoms with Gasteiger partial charge in [0.1, 0.15) is 6.61 Å². The summed E-state index contributed by atoms with van der Waals surface area (Å²) in [5, 5.41) is 8.97. The highest BCUT2D eigenvalue weighted by Crippen LogP contribution is 2.26. The van der Waals surface area contributed by atoms with Gasteiger partial charge in [0.05, 0.1) is 23.4 Å². The first-order valence-electron chi connectivity index (χ1n) is 9.45. The van der Waals surface area contributed by atoms with Crippen molar-refractivity contribution >= 4 is 5.97 Å². The van der Waals surface area contributed by atoms with Crippen LogP contribution in [0.25, 0.3) is 11.4 Å². The molecule has 1 N–H and O–H groups in total. The average Bonchev–Trinajstić information content (AvgIpc) is 2.99. The van der Waals surface area contributed by atoms with E-state index in [1.807, 2.05) is 60.7 Å². The fourth-order valence-electron chi connectivity index (χ4n) is 3.08. The fourth-order valence-corrected chi connectivity index (χ4v) is 3.08. The molecule has 3 rings (SSSR count). The van der Waals surface area contributed by atoms with Gasteiger partial charge in [0.2, 0.25) is 5.88 Å². The lowest BCUT2D eigenvalue weighted by molar-refractivity contribution is -0.137. The summed E-state index contributed by atoms with van der Waals surface area (Å²) in [6.45, 7) is 2.06. The minimum atomic E-state index is -0.939. The van der Waals surface area contributed by atoms with Crippen LogP contribution in [0, 0.1) is 0 Å². The van der Waals surface area contributed by atoms with Gasteiger partial charge >= 0.3 is 5.97 Å². The number of rotatable bonds is 9. The first kappa shape index (κ1) is 19.5. The predicted octanol–water partition coefficient (Wildman–Crippen LogP) is 3.82. The lowest BCUT2D eigenvalue weighted by Crippen LogP contribution is -2.21. The van der Waals surface area contributed by atoms with Crippen molar-refractivity contribution in [3.8, 4) is 17.3 Å². The van der Waals surface area contributed by atoms with Crippen LogP contribution in [0.2, 0.25) is 0 Å². The number of ether oxygens (including phenoxy) is 1. The highest BCUT2D eigenvalue weighted by Gasteiger charge is 2.23. The molecule has 0 unspecified atom stereocenters. The Hall–Kier alpha value is -3.28. The van der Waals surface area contributed by atoms with Crippen molar-refractivity contribution < 1.29 is 14.6 Å². The standard InChI is InChI=1S/C22H24N2O4/c1-2-3-14-19-21(27)23(17-10-6-4-7-11-17)24(18-12-8-5-9-13-18)22(19)28-16-15-20(25)26/h4-13H,2-3,14-16H2,1H3,(H,25,26). The Balaban J connectivity index is 2.21. The fraction of sp³-hybridized carbons (Fsp3) is 0.273. The van der Waals surface area contributed by atoms with Gasteiger partial charge < -0.3 is 9.84 Å². The lowest BCUT2D eigenvalue weighted by Gasteiger charge is -2.15. The molecule has 0 aliphatic carbocycles. The summed E-state index contributed by atoms with van der Waals surface area (Å²) in [5.74, 6) is -0.527. The number of para-hydroxylation sites is 2. The van der Waals surface area contributed by atoms with E-state index in [1.165, 1.54) is 0 Å². The average molecular weight is 380 g/mol. The molecule has 3 aromatic rings. The number of aliphatic carboxylic acids is 1. The van der Waals surface area contributed by atoms with Gasteiger partial charge in [0, 0.05) is 0 Å². The van der Waals surface area contributed by atoms with Crippen LogP contribution in [0.4, 0.5) is 0 Å². The SMILES string of the molecule is CCCCc1c(OCCC(=O)O)n(-c2ccccc2)n(-c2ccccc2)c1=O. The smallest absolute Gasteiger partial charge is 0.306 e. The number of carboxylic acid groups (broad SMARTS) is 1. The van der Waals surface area contributed by atoms with Crippen LogP contribution < -0.4 is 10.3 Å². The Labute approximate surface area is 163 Å². The second-order valence-electron chi connectivity index (χ2n) is 6.48. The highest BCUT2D eigenvalue weighted by atomic mass is 16.5.